The quantitative estimate of drug-likeness (QED) is 0.821. The molecule has 2 nitrogen and oxygen atoms in total. The van der Waals surface area contributed by atoms with Crippen LogP contribution in [0, 0.1) is 5.92 Å². The molecule has 1 atom stereocenters. The van der Waals surface area contributed by atoms with Crippen LogP contribution in [0.1, 0.15) is 48.2 Å². The number of hydrogen-bond acceptors (Lipinski definition) is 1. The Morgan fingerprint density at radius 1 is 1.32 bits per heavy atom. The van der Waals surface area contributed by atoms with E-state index < -0.39 is 0 Å². The van der Waals surface area contributed by atoms with E-state index in [0.29, 0.717) is 12.5 Å². The number of amides is 1. The highest BCUT2D eigenvalue weighted by Crippen LogP contribution is 2.22. The molecule has 0 heterocycles. The summed E-state index contributed by atoms with van der Waals surface area (Å²) in [6.07, 6.45) is 4.38. The summed E-state index contributed by atoms with van der Waals surface area (Å²) in [6, 6.07) is 6.04. The first-order chi connectivity index (χ1) is 9.06. The molecule has 1 aromatic carbocycles. The Morgan fingerprint density at radius 2 is 2.05 bits per heavy atom. The monoisotopic (exact) mass is 279 g/mol. The lowest BCUT2D eigenvalue weighted by atomic mass is 10.1. The first-order valence-corrected chi connectivity index (χ1v) is 7.54. The zero-order chi connectivity index (χ0) is 13.8. The molecule has 0 bridgehead atoms. The Bertz CT molecular complexity index is 456. The van der Waals surface area contributed by atoms with E-state index in [-0.39, 0.29) is 11.3 Å². The molecule has 0 saturated heterocycles. The zero-order valence-corrected chi connectivity index (χ0v) is 12.5. The average molecular weight is 280 g/mol. The molecule has 1 aliphatic rings. The minimum atomic E-state index is -0.0101. The van der Waals surface area contributed by atoms with Gasteiger partial charge in [-0.2, -0.15) is 0 Å². The van der Waals surface area contributed by atoms with Crippen molar-refractivity contribution >= 4 is 17.5 Å². The average Bonchev–Trinajstić information content (AvgIpc) is 2.82. The summed E-state index contributed by atoms with van der Waals surface area (Å²) in [7, 11) is 0. The van der Waals surface area contributed by atoms with Crippen LogP contribution in [0.3, 0.4) is 0 Å². The van der Waals surface area contributed by atoms with Gasteiger partial charge in [-0.05, 0) is 54.9 Å². The highest BCUT2D eigenvalue weighted by atomic mass is 35.5. The van der Waals surface area contributed by atoms with Crippen molar-refractivity contribution < 1.29 is 4.79 Å². The fourth-order valence-electron chi connectivity index (χ4n) is 2.61. The summed E-state index contributed by atoms with van der Waals surface area (Å²) < 4.78 is 0. The van der Waals surface area contributed by atoms with Gasteiger partial charge < -0.3 is 5.32 Å². The maximum atomic E-state index is 12.1. The number of aryl methyl sites for hydroxylation is 2. The van der Waals surface area contributed by atoms with Crippen LogP contribution in [-0.4, -0.2) is 17.8 Å². The summed E-state index contributed by atoms with van der Waals surface area (Å²) in [6.45, 7) is 4.81. The molecule has 1 aromatic rings. The van der Waals surface area contributed by atoms with Crippen LogP contribution in [0.4, 0.5) is 0 Å². The highest BCUT2D eigenvalue weighted by Gasteiger charge is 2.15. The molecule has 0 spiro atoms. The summed E-state index contributed by atoms with van der Waals surface area (Å²) in [5.74, 6) is 0.545. The van der Waals surface area contributed by atoms with Crippen molar-refractivity contribution in [3.05, 3.63) is 34.9 Å². The summed E-state index contributed by atoms with van der Waals surface area (Å²) in [5.41, 5.74) is 3.48. The minimum Gasteiger partial charge on any atom is -0.351 e. The number of carbonyl (C=O) groups excluding carboxylic acids is 1. The third-order valence-electron chi connectivity index (χ3n) is 3.57. The Morgan fingerprint density at radius 3 is 2.79 bits per heavy atom. The van der Waals surface area contributed by atoms with Crippen molar-refractivity contribution in [3.63, 3.8) is 0 Å². The lowest BCUT2D eigenvalue weighted by Crippen LogP contribution is -2.30. The number of nitrogens with one attached hydrogen (secondary N) is 1. The van der Waals surface area contributed by atoms with Crippen LogP contribution >= 0.6 is 11.6 Å². The van der Waals surface area contributed by atoms with Crippen LogP contribution in [0.15, 0.2) is 18.2 Å². The summed E-state index contributed by atoms with van der Waals surface area (Å²) >= 11 is 6.19. The van der Waals surface area contributed by atoms with Crippen LogP contribution in [0.5, 0.6) is 0 Å². The molecule has 0 radical (unpaired) electrons. The largest absolute Gasteiger partial charge is 0.351 e. The molecule has 0 aromatic heterocycles. The number of hydrogen-bond donors (Lipinski definition) is 1. The predicted octanol–water partition coefficient (Wildman–Crippen LogP) is 3.56. The van der Waals surface area contributed by atoms with Crippen molar-refractivity contribution in [2.24, 2.45) is 5.92 Å². The molecule has 1 amide bonds. The fourth-order valence-corrected chi connectivity index (χ4v) is 3.05. The van der Waals surface area contributed by atoms with Crippen molar-refractivity contribution in [1.82, 2.24) is 5.32 Å². The van der Waals surface area contributed by atoms with Gasteiger partial charge in [0.05, 0.1) is 5.38 Å². The van der Waals surface area contributed by atoms with E-state index in [1.165, 1.54) is 17.5 Å². The molecule has 3 heteroatoms. The van der Waals surface area contributed by atoms with E-state index in [1.807, 2.05) is 12.1 Å². The van der Waals surface area contributed by atoms with Gasteiger partial charge in [0, 0.05) is 12.1 Å². The second-order valence-electron chi connectivity index (χ2n) is 5.77. The van der Waals surface area contributed by atoms with Gasteiger partial charge in [0.1, 0.15) is 0 Å². The number of fused-ring (bicyclic) bond motifs is 1. The smallest absolute Gasteiger partial charge is 0.251 e. The van der Waals surface area contributed by atoms with Crippen molar-refractivity contribution in [2.75, 3.05) is 6.54 Å². The van der Waals surface area contributed by atoms with E-state index in [2.05, 4.69) is 25.2 Å². The molecular weight excluding hydrogens is 258 g/mol. The third-order valence-corrected chi connectivity index (χ3v) is 3.90. The number of halogens is 1. The van der Waals surface area contributed by atoms with Gasteiger partial charge >= 0.3 is 0 Å². The SMILES string of the molecule is CC(C)CC(Cl)CNC(=O)c1ccc2c(c1)CCC2. The van der Waals surface area contributed by atoms with Gasteiger partial charge in [-0.15, -0.1) is 11.6 Å². The van der Waals surface area contributed by atoms with Gasteiger partial charge in [-0.1, -0.05) is 19.9 Å². The standard InChI is InChI=1S/C16H22ClNO/c1-11(2)8-15(17)10-18-16(19)14-7-6-12-4-3-5-13(12)9-14/h6-7,9,11,15H,3-5,8,10H2,1-2H3,(H,18,19). The second kappa shape index (κ2) is 6.42. The number of benzene rings is 1. The molecule has 1 aliphatic carbocycles. The van der Waals surface area contributed by atoms with Gasteiger partial charge in [0.25, 0.3) is 5.91 Å². The Labute approximate surface area is 120 Å². The fraction of sp³-hybridized carbons (Fsp3) is 0.562. The van der Waals surface area contributed by atoms with Crippen LogP contribution in [0.2, 0.25) is 0 Å². The summed E-state index contributed by atoms with van der Waals surface area (Å²) in [4.78, 5) is 12.1. The first-order valence-electron chi connectivity index (χ1n) is 7.10. The maximum absolute atomic E-state index is 12.1. The minimum absolute atomic E-state index is 0.0101. The van der Waals surface area contributed by atoms with Gasteiger partial charge in [-0.3, -0.25) is 4.79 Å². The number of alkyl halides is 1. The molecule has 0 saturated carbocycles. The van der Waals surface area contributed by atoms with Crippen molar-refractivity contribution in [2.45, 2.75) is 44.9 Å². The third kappa shape index (κ3) is 3.97. The van der Waals surface area contributed by atoms with Crippen LogP contribution in [-0.2, 0) is 12.8 Å². The topological polar surface area (TPSA) is 29.1 Å². The Kier molecular flexibility index (Phi) is 4.87. The van der Waals surface area contributed by atoms with Gasteiger partial charge in [0.2, 0.25) is 0 Å². The molecule has 104 valence electrons. The van der Waals surface area contributed by atoms with Crippen molar-refractivity contribution in [1.29, 1.82) is 0 Å². The number of rotatable bonds is 5. The lowest BCUT2D eigenvalue weighted by Gasteiger charge is -2.13. The maximum Gasteiger partial charge on any atom is 0.251 e. The van der Waals surface area contributed by atoms with Crippen LogP contribution in [0.25, 0.3) is 0 Å². The van der Waals surface area contributed by atoms with Crippen LogP contribution < -0.4 is 5.32 Å². The number of carbonyl (C=O) groups is 1. The normalized spacial score (nSPS) is 15.4. The second-order valence-corrected chi connectivity index (χ2v) is 6.39. The highest BCUT2D eigenvalue weighted by molar-refractivity contribution is 6.20. The van der Waals surface area contributed by atoms with E-state index in [0.717, 1.165) is 24.8 Å². The van der Waals surface area contributed by atoms with E-state index in [9.17, 15) is 4.79 Å². The molecule has 0 fully saturated rings. The Hall–Kier alpha value is -1.02. The van der Waals surface area contributed by atoms with E-state index >= 15 is 0 Å². The van der Waals surface area contributed by atoms with Gasteiger partial charge in [0.15, 0.2) is 0 Å². The zero-order valence-electron chi connectivity index (χ0n) is 11.7. The van der Waals surface area contributed by atoms with Crippen molar-refractivity contribution in [3.8, 4) is 0 Å². The molecule has 19 heavy (non-hydrogen) atoms. The molecule has 2 rings (SSSR count). The molecule has 0 aliphatic heterocycles. The van der Waals surface area contributed by atoms with E-state index in [4.69, 9.17) is 11.6 Å². The van der Waals surface area contributed by atoms with E-state index in [1.54, 1.807) is 0 Å². The molecule has 1 N–H and O–H groups in total. The predicted molar refractivity (Wildman–Crippen MR) is 79.9 cm³/mol. The van der Waals surface area contributed by atoms with Gasteiger partial charge in [-0.25, -0.2) is 0 Å². The Balaban J connectivity index is 1.90. The molecular formula is C16H22ClNO. The lowest BCUT2D eigenvalue weighted by molar-refractivity contribution is 0.0953. The molecule has 1 unspecified atom stereocenters. The first kappa shape index (κ1) is 14.4. The summed E-state index contributed by atoms with van der Waals surface area (Å²) in [5, 5.41) is 2.94.